The first kappa shape index (κ1) is 15.0. The summed E-state index contributed by atoms with van der Waals surface area (Å²) in [5.41, 5.74) is 1.22. The third-order valence-electron chi connectivity index (χ3n) is 4.29. The fourth-order valence-electron chi connectivity index (χ4n) is 2.93. The first-order valence-corrected chi connectivity index (χ1v) is 7.27. The second-order valence-corrected chi connectivity index (χ2v) is 5.70. The Bertz CT molecular complexity index is 427. The molecule has 1 heterocycles. The summed E-state index contributed by atoms with van der Waals surface area (Å²) in [6.45, 7) is 6.06. The summed E-state index contributed by atoms with van der Waals surface area (Å²) in [5, 5.41) is 9.23. The Morgan fingerprint density at radius 1 is 1.20 bits per heavy atom. The zero-order valence-electron chi connectivity index (χ0n) is 12.3. The number of hydrogen-bond acceptors (Lipinski definition) is 3. The van der Waals surface area contributed by atoms with E-state index < -0.39 is 5.97 Å². The highest BCUT2D eigenvalue weighted by atomic mass is 16.4. The van der Waals surface area contributed by atoms with Gasteiger partial charge in [0.15, 0.2) is 0 Å². The first-order valence-electron chi connectivity index (χ1n) is 7.27. The number of aliphatic carboxylic acids is 1. The predicted molar refractivity (Wildman–Crippen MR) is 80.0 cm³/mol. The van der Waals surface area contributed by atoms with Gasteiger partial charge in [0.25, 0.3) is 0 Å². The third-order valence-corrected chi connectivity index (χ3v) is 4.29. The largest absolute Gasteiger partial charge is 0.481 e. The molecule has 2 rings (SSSR count). The number of rotatable bonds is 5. The summed E-state index contributed by atoms with van der Waals surface area (Å²) >= 11 is 0. The van der Waals surface area contributed by atoms with Gasteiger partial charge in [0.2, 0.25) is 0 Å². The molecule has 0 saturated carbocycles. The van der Waals surface area contributed by atoms with Crippen LogP contribution in [-0.2, 0) is 4.79 Å². The SMILES string of the molecule is CC(c1ccccc1)C(CC(=O)O)N1CCN(C)CC1. The van der Waals surface area contributed by atoms with Crippen LogP contribution in [0.25, 0.3) is 0 Å². The van der Waals surface area contributed by atoms with Crippen molar-refractivity contribution in [1.29, 1.82) is 0 Å². The highest BCUT2D eigenvalue weighted by Gasteiger charge is 2.29. The topological polar surface area (TPSA) is 43.8 Å². The lowest BCUT2D eigenvalue weighted by molar-refractivity contribution is -0.138. The maximum absolute atomic E-state index is 11.2. The van der Waals surface area contributed by atoms with Gasteiger partial charge in [-0.2, -0.15) is 0 Å². The van der Waals surface area contributed by atoms with Gasteiger partial charge < -0.3 is 10.0 Å². The van der Waals surface area contributed by atoms with Gasteiger partial charge in [-0.1, -0.05) is 37.3 Å². The van der Waals surface area contributed by atoms with Gasteiger partial charge in [-0.15, -0.1) is 0 Å². The van der Waals surface area contributed by atoms with E-state index in [2.05, 4.69) is 35.9 Å². The summed E-state index contributed by atoms with van der Waals surface area (Å²) in [5.74, 6) is -0.479. The Morgan fingerprint density at radius 2 is 1.80 bits per heavy atom. The minimum absolute atomic E-state index is 0.0728. The summed E-state index contributed by atoms with van der Waals surface area (Å²) in [7, 11) is 2.12. The van der Waals surface area contributed by atoms with Crippen molar-refractivity contribution in [1.82, 2.24) is 9.80 Å². The highest BCUT2D eigenvalue weighted by molar-refractivity contribution is 5.67. The van der Waals surface area contributed by atoms with E-state index in [0.717, 1.165) is 26.2 Å². The van der Waals surface area contributed by atoms with Crippen molar-refractivity contribution in [3.63, 3.8) is 0 Å². The molecule has 4 heteroatoms. The Kier molecular flexibility index (Phi) is 5.15. The molecule has 0 aliphatic carbocycles. The summed E-state index contributed by atoms with van der Waals surface area (Å²) in [6, 6.07) is 10.3. The monoisotopic (exact) mass is 276 g/mol. The van der Waals surface area contributed by atoms with E-state index in [1.807, 2.05) is 18.2 Å². The smallest absolute Gasteiger partial charge is 0.304 e. The number of carbonyl (C=O) groups is 1. The van der Waals surface area contributed by atoms with Crippen LogP contribution in [0.2, 0.25) is 0 Å². The number of benzene rings is 1. The van der Waals surface area contributed by atoms with E-state index in [9.17, 15) is 9.90 Å². The number of nitrogens with zero attached hydrogens (tertiary/aromatic N) is 2. The Morgan fingerprint density at radius 3 is 2.35 bits per heavy atom. The van der Waals surface area contributed by atoms with E-state index in [1.165, 1.54) is 5.56 Å². The van der Waals surface area contributed by atoms with E-state index in [0.29, 0.717) is 0 Å². The van der Waals surface area contributed by atoms with Gasteiger partial charge in [0.1, 0.15) is 0 Å². The number of carboxylic acids is 1. The van der Waals surface area contributed by atoms with Crippen LogP contribution in [0, 0.1) is 0 Å². The van der Waals surface area contributed by atoms with Crippen molar-refractivity contribution in [2.75, 3.05) is 33.2 Å². The molecule has 0 aromatic heterocycles. The van der Waals surface area contributed by atoms with Gasteiger partial charge in [-0.05, 0) is 18.5 Å². The van der Waals surface area contributed by atoms with E-state index in [1.54, 1.807) is 0 Å². The lowest BCUT2D eigenvalue weighted by atomic mass is 9.89. The Labute approximate surface area is 121 Å². The molecule has 1 aliphatic heterocycles. The molecule has 1 aromatic rings. The molecule has 110 valence electrons. The molecule has 2 atom stereocenters. The van der Waals surface area contributed by atoms with Crippen LogP contribution in [0.1, 0.15) is 24.8 Å². The predicted octanol–water partition coefficient (Wildman–Crippen LogP) is 1.88. The van der Waals surface area contributed by atoms with Gasteiger partial charge in [-0.25, -0.2) is 0 Å². The van der Waals surface area contributed by atoms with Crippen molar-refractivity contribution in [2.24, 2.45) is 0 Å². The zero-order chi connectivity index (χ0) is 14.5. The molecule has 4 nitrogen and oxygen atoms in total. The molecule has 2 unspecified atom stereocenters. The fourth-order valence-corrected chi connectivity index (χ4v) is 2.93. The molecule has 1 N–H and O–H groups in total. The summed E-state index contributed by atoms with van der Waals surface area (Å²) in [4.78, 5) is 15.8. The van der Waals surface area contributed by atoms with Crippen LogP contribution in [0.3, 0.4) is 0 Å². The Balaban J connectivity index is 2.12. The van der Waals surface area contributed by atoms with Gasteiger partial charge in [-0.3, -0.25) is 9.69 Å². The third kappa shape index (κ3) is 3.81. The molecule has 20 heavy (non-hydrogen) atoms. The van der Waals surface area contributed by atoms with Gasteiger partial charge >= 0.3 is 5.97 Å². The second-order valence-electron chi connectivity index (χ2n) is 5.70. The molecule has 1 aromatic carbocycles. The van der Waals surface area contributed by atoms with Crippen molar-refractivity contribution in [2.45, 2.75) is 25.3 Å². The van der Waals surface area contributed by atoms with E-state index in [-0.39, 0.29) is 18.4 Å². The molecule has 0 bridgehead atoms. The maximum atomic E-state index is 11.2. The minimum atomic E-state index is -0.711. The molecular weight excluding hydrogens is 252 g/mol. The van der Waals surface area contributed by atoms with Crippen molar-refractivity contribution in [3.8, 4) is 0 Å². The molecule has 1 fully saturated rings. The average Bonchev–Trinajstić information content (AvgIpc) is 2.46. The summed E-state index contributed by atoms with van der Waals surface area (Å²) < 4.78 is 0. The lowest BCUT2D eigenvalue weighted by Crippen LogP contribution is -2.51. The van der Waals surface area contributed by atoms with Crippen LogP contribution in [-0.4, -0.2) is 60.1 Å². The van der Waals surface area contributed by atoms with Crippen molar-refractivity contribution >= 4 is 5.97 Å². The van der Waals surface area contributed by atoms with Gasteiger partial charge in [0, 0.05) is 32.2 Å². The standard InChI is InChI=1S/C16H24N2O2/c1-13(14-6-4-3-5-7-14)15(12-16(19)20)18-10-8-17(2)9-11-18/h3-7,13,15H,8-12H2,1-2H3,(H,19,20). The van der Waals surface area contributed by atoms with Crippen LogP contribution >= 0.6 is 0 Å². The van der Waals surface area contributed by atoms with Crippen LogP contribution in [0.4, 0.5) is 0 Å². The van der Waals surface area contributed by atoms with Crippen LogP contribution in [0.15, 0.2) is 30.3 Å². The molecular formula is C16H24N2O2. The maximum Gasteiger partial charge on any atom is 0.304 e. The highest BCUT2D eigenvalue weighted by Crippen LogP contribution is 2.26. The van der Waals surface area contributed by atoms with Crippen molar-refractivity contribution < 1.29 is 9.90 Å². The molecule has 1 saturated heterocycles. The second kappa shape index (κ2) is 6.86. The summed E-state index contributed by atoms with van der Waals surface area (Å²) in [6.07, 6.45) is 0.208. The normalized spacial score (nSPS) is 20.5. The Hall–Kier alpha value is -1.39. The molecule has 0 spiro atoms. The van der Waals surface area contributed by atoms with Crippen molar-refractivity contribution in [3.05, 3.63) is 35.9 Å². The zero-order valence-corrected chi connectivity index (χ0v) is 12.3. The first-order chi connectivity index (χ1) is 9.58. The average molecular weight is 276 g/mol. The minimum Gasteiger partial charge on any atom is -0.481 e. The number of likely N-dealkylation sites (N-methyl/N-ethyl adjacent to an activating group) is 1. The number of piperazine rings is 1. The van der Waals surface area contributed by atoms with Crippen LogP contribution < -0.4 is 0 Å². The molecule has 0 amide bonds. The number of carboxylic acid groups (broad SMARTS) is 1. The molecule has 1 aliphatic rings. The van der Waals surface area contributed by atoms with Gasteiger partial charge in [0.05, 0.1) is 6.42 Å². The quantitative estimate of drug-likeness (QED) is 0.892. The number of hydrogen-bond donors (Lipinski definition) is 1. The fraction of sp³-hybridized carbons (Fsp3) is 0.562. The van der Waals surface area contributed by atoms with Crippen LogP contribution in [0.5, 0.6) is 0 Å². The van der Waals surface area contributed by atoms with E-state index >= 15 is 0 Å². The molecule has 0 radical (unpaired) electrons. The van der Waals surface area contributed by atoms with E-state index in [4.69, 9.17) is 0 Å². The lowest BCUT2D eigenvalue weighted by Gasteiger charge is -2.40.